The molecule has 0 saturated heterocycles. The minimum atomic E-state index is -0.915. The fourth-order valence-corrected chi connectivity index (χ4v) is 4.06. The number of phenolic OH excluding ortho intramolecular Hbond substituents is 2. The van der Waals surface area contributed by atoms with Crippen LogP contribution in [0.15, 0.2) is 24.3 Å². The average Bonchev–Trinajstić information content (AvgIpc) is 2.65. The molecule has 2 rings (SSSR count). The molecule has 2 aromatic carbocycles. The van der Waals surface area contributed by atoms with Crippen LogP contribution in [0.2, 0.25) is 0 Å². The van der Waals surface area contributed by atoms with Crippen molar-refractivity contribution < 1.29 is 24.9 Å². The van der Waals surface area contributed by atoms with E-state index in [4.69, 9.17) is 0 Å². The Labute approximate surface area is 203 Å². The van der Waals surface area contributed by atoms with Gasteiger partial charge in [0, 0.05) is 22.3 Å². The molecule has 0 amide bonds. The molecular formula is C29H40O5. The zero-order chi connectivity index (χ0) is 26.4. The number of carboxylic acid groups (broad SMARTS) is 1. The largest absolute Gasteiger partial charge is 0.507 e. The number of aromatic hydroxyl groups is 2. The van der Waals surface area contributed by atoms with Crippen LogP contribution in [0, 0.1) is 5.92 Å². The molecule has 0 aliphatic carbocycles. The molecular weight excluding hydrogens is 428 g/mol. The van der Waals surface area contributed by atoms with Crippen molar-refractivity contribution in [1.29, 1.82) is 0 Å². The van der Waals surface area contributed by atoms with Crippen LogP contribution in [0.1, 0.15) is 107 Å². The highest BCUT2D eigenvalue weighted by Gasteiger charge is 2.30. The summed E-state index contributed by atoms with van der Waals surface area (Å²) in [7, 11) is 0. The first-order valence-electron chi connectivity index (χ1n) is 11.8. The van der Waals surface area contributed by atoms with Gasteiger partial charge in [0.1, 0.15) is 11.5 Å². The summed E-state index contributed by atoms with van der Waals surface area (Å²) in [6.45, 7) is 19.3. The van der Waals surface area contributed by atoms with Crippen molar-refractivity contribution >= 4 is 11.8 Å². The molecule has 0 fully saturated rings. The highest BCUT2D eigenvalue weighted by Crippen LogP contribution is 2.41. The molecule has 0 saturated carbocycles. The number of hydrogen-bond acceptors (Lipinski definition) is 4. The molecule has 0 aliphatic heterocycles. The first kappa shape index (κ1) is 27.4. The quantitative estimate of drug-likeness (QED) is 0.436. The Morgan fingerprint density at radius 1 is 0.735 bits per heavy atom. The van der Waals surface area contributed by atoms with Gasteiger partial charge in [0.2, 0.25) is 0 Å². The van der Waals surface area contributed by atoms with Crippen molar-refractivity contribution in [3.8, 4) is 11.5 Å². The highest BCUT2D eigenvalue weighted by atomic mass is 16.4. The predicted molar refractivity (Wildman–Crippen MR) is 136 cm³/mol. The van der Waals surface area contributed by atoms with E-state index in [1.165, 1.54) is 0 Å². The summed E-state index contributed by atoms with van der Waals surface area (Å²) in [5.41, 5.74) is 1.86. The van der Waals surface area contributed by atoms with E-state index in [9.17, 15) is 24.9 Å². The van der Waals surface area contributed by atoms with Gasteiger partial charge in [0.15, 0.2) is 5.78 Å². The number of phenols is 2. The Bertz CT molecular complexity index is 1070. The number of carbonyl (C=O) groups is 2. The van der Waals surface area contributed by atoms with Crippen LogP contribution in [-0.4, -0.2) is 27.1 Å². The molecule has 0 aromatic heterocycles. The molecule has 0 aliphatic rings. The summed E-state index contributed by atoms with van der Waals surface area (Å²) in [5, 5.41) is 31.6. The second-order valence-electron chi connectivity index (χ2n) is 12.5. The van der Waals surface area contributed by atoms with Crippen molar-refractivity contribution in [1.82, 2.24) is 0 Å². The smallest absolute Gasteiger partial charge is 0.306 e. The molecule has 3 N–H and O–H groups in total. The number of benzene rings is 2. The number of carboxylic acids is 1. The van der Waals surface area contributed by atoms with Gasteiger partial charge in [-0.1, -0.05) is 75.3 Å². The number of rotatable bonds is 5. The minimum absolute atomic E-state index is 0.0908. The maximum absolute atomic E-state index is 13.8. The molecule has 5 nitrogen and oxygen atoms in total. The number of hydrogen-bond donors (Lipinski definition) is 3. The van der Waals surface area contributed by atoms with Crippen LogP contribution in [0.3, 0.4) is 0 Å². The zero-order valence-electron chi connectivity index (χ0n) is 22.3. The molecule has 0 heterocycles. The summed E-state index contributed by atoms with van der Waals surface area (Å²) in [6.07, 6.45) is 0.245. The SMILES string of the molecule is CC(Cc1cc(C(=O)c2cc(C(C)(C)C)c(O)c(C(C)(C)C)c2)c(O)c(C(C)(C)C)c1)C(=O)O. The van der Waals surface area contributed by atoms with Crippen LogP contribution in [-0.2, 0) is 27.5 Å². The Morgan fingerprint density at radius 2 is 1.15 bits per heavy atom. The van der Waals surface area contributed by atoms with Gasteiger partial charge in [-0.05, 0) is 46.4 Å². The van der Waals surface area contributed by atoms with Gasteiger partial charge in [-0.3, -0.25) is 9.59 Å². The van der Waals surface area contributed by atoms with E-state index in [2.05, 4.69) is 0 Å². The summed E-state index contributed by atoms with van der Waals surface area (Å²) in [6, 6.07) is 6.81. The lowest BCUT2D eigenvalue weighted by Crippen LogP contribution is -2.20. The van der Waals surface area contributed by atoms with Gasteiger partial charge < -0.3 is 15.3 Å². The molecule has 34 heavy (non-hydrogen) atoms. The van der Waals surface area contributed by atoms with Gasteiger partial charge in [-0.15, -0.1) is 0 Å². The van der Waals surface area contributed by atoms with E-state index in [-0.39, 0.29) is 29.3 Å². The van der Waals surface area contributed by atoms with Crippen LogP contribution in [0.4, 0.5) is 0 Å². The van der Waals surface area contributed by atoms with Crippen LogP contribution < -0.4 is 0 Å². The Morgan fingerprint density at radius 3 is 1.53 bits per heavy atom. The van der Waals surface area contributed by atoms with Gasteiger partial charge >= 0.3 is 5.97 Å². The Kier molecular flexibility index (Phi) is 7.33. The summed E-state index contributed by atoms with van der Waals surface area (Å²) in [5.74, 6) is -1.81. The third kappa shape index (κ3) is 5.81. The van der Waals surface area contributed by atoms with E-state index in [1.807, 2.05) is 62.3 Å². The standard InChI is InChI=1S/C29H40O5/c1-16(26(33)34)11-17-12-19(24(31)20(13-17)27(2,3)4)23(30)18-14-21(28(5,6)7)25(32)22(15-18)29(8,9)10/h12-16,31-32H,11H2,1-10H3,(H,33,34). The summed E-state index contributed by atoms with van der Waals surface area (Å²) >= 11 is 0. The summed E-state index contributed by atoms with van der Waals surface area (Å²) < 4.78 is 0. The lowest BCUT2D eigenvalue weighted by Gasteiger charge is -2.28. The lowest BCUT2D eigenvalue weighted by molar-refractivity contribution is -0.141. The van der Waals surface area contributed by atoms with Crippen molar-refractivity contribution in [2.24, 2.45) is 5.92 Å². The van der Waals surface area contributed by atoms with Crippen molar-refractivity contribution in [3.05, 3.63) is 57.6 Å². The lowest BCUT2D eigenvalue weighted by atomic mass is 9.77. The average molecular weight is 469 g/mol. The van der Waals surface area contributed by atoms with Crippen LogP contribution >= 0.6 is 0 Å². The van der Waals surface area contributed by atoms with E-state index < -0.39 is 28.1 Å². The second-order valence-corrected chi connectivity index (χ2v) is 12.5. The topological polar surface area (TPSA) is 94.8 Å². The monoisotopic (exact) mass is 468 g/mol. The van der Waals surface area contributed by atoms with E-state index >= 15 is 0 Å². The van der Waals surface area contributed by atoms with Gasteiger partial charge in [0.05, 0.1) is 11.5 Å². The first-order chi connectivity index (χ1) is 15.2. The zero-order valence-corrected chi connectivity index (χ0v) is 22.3. The fourth-order valence-electron chi connectivity index (χ4n) is 4.06. The van der Waals surface area contributed by atoms with Crippen LogP contribution in [0.5, 0.6) is 11.5 Å². The molecule has 0 spiro atoms. The molecule has 0 bridgehead atoms. The van der Waals surface area contributed by atoms with Crippen molar-refractivity contribution in [2.45, 2.75) is 91.9 Å². The molecule has 0 radical (unpaired) electrons. The van der Waals surface area contributed by atoms with Gasteiger partial charge in [-0.25, -0.2) is 0 Å². The highest BCUT2D eigenvalue weighted by molar-refractivity contribution is 6.11. The van der Waals surface area contributed by atoms with Gasteiger partial charge in [-0.2, -0.15) is 0 Å². The van der Waals surface area contributed by atoms with Crippen molar-refractivity contribution in [3.63, 3.8) is 0 Å². The third-order valence-corrected chi connectivity index (χ3v) is 6.17. The maximum Gasteiger partial charge on any atom is 0.306 e. The van der Waals surface area contributed by atoms with E-state index in [0.29, 0.717) is 27.8 Å². The number of aliphatic carboxylic acids is 1. The normalized spacial score (nSPS) is 13.6. The molecule has 2 aromatic rings. The first-order valence-corrected chi connectivity index (χ1v) is 11.8. The van der Waals surface area contributed by atoms with Crippen molar-refractivity contribution in [2.75, 3.05) is 0 Å². The molecule has 186 valence electrons. The summed E-state index contributed by atoms with van der Waals surface area (Å²) in [4.78, 5) is 25.3. The Hall–Kier alpha value is -2.82. The molecule has 1 unspecified atom stereocenters. The number of ketones is 1. The van der Waals surface area contributed by atoms with E-state index in [0.717, 1.165) is 0 Å². The second kappa shape index (κ2) is 9.09. The molecule has 5 heteroatoms. The fraction of sp³-hybridized carbons (Fsp3) is 0.517. The minimum Gasteiger partial charge on any atom is -0.507 e. The predicted octanol–water partition coefficient (Wildman–Crippen LogP) is 6.48. The number of carbonyl (C=O) groups excluding carboxylic acids is 1. The molecule has 1 atom stereocenters. The van der Waals surface area contributed by atoms with Gasteiger partial charge in [0.25, 0.3) is 0 Å². The third-order valence-electron chi connectivity index (χ3n) is 6.17. The van der Waals surface area contributed by atoms with E-state index in [1.54, 1.807) is 31.2 Å². The Balaban J connectivity index is 2.81. The maximum atomic E-state index is 13.8. The van der Waals surface area contributed by atoms with Crippen LogP contribution in [0.25, 0.3) is 0 Å².